The van der Waals surface area contributed by atoms with Gasteiger partial charge < -0.3 is 15.7 Å². The van der Waals surface area contributed by atoms with E-state index < -0.39 is 11.8 Å². The van der Waals surface area contributed by atoms with Crippen molar-refractivity contribution < 1.29 is 14.7 Å². The van der Waals surface area contributed by atoms with Gasteiger partial charge in [-0.2, -0.15) is 0 Å². The van der Waals surface area contributed by atoms with Crippen molar-refractivity contribution >= 4 is 17.5 Å². The molecular weight excluding hydrogens is 220 g/mol. The van der Waals surface area contributed by atoms with Gasteiger partial charge in [-0.05, 0) is 30.3 Å². The zero-order chi connectivity index (χ0) is 12.8. The average Bonchev–Trinajstić information content (AvgIpc) is 2.30. The van der Waals surface area contributed by atoms with Crippen LogP contribution in [0.15, 0.2) is 49.2 Å². The molecule has 0 saturated heterocycles. The lowest BCUT2D eigenvalue weighted by atomic mass is 10.3. The second-order valence-electron chi connectivity index (χ2n) is 3.17. The SMILES string of the molecule is C=CC(=O)C(=C)NC(=O)Nc1ccc(O)cc1. The lowest BCUT2D eigenvalue weighted by Gasteiger charge is -2.07. The van der Waals surface area contributed by atoms with Crippen LogP contribution >= 0.6 is 0 Å². The number of anilines is 1. The number of ketones is 1. The van der Waals surface area contributed by atoms with Gasteiger partial charge in [0.1, 0.15) is 5.75 Å². The summed E-state index contributed by atoms with van der Waals surface area (Å²) in [5.41, 5.74) is 0.426. The number of carbonyl (C=O) groups excluding carboxylic acids is 2. The van der Waals surface area contributed by atoms with E-state index in [0.29, 0.717) is 5.69 Å². The smallest absolute Gasteiger partial charge is 0.323 e. The molecule has 0 heterocycles. The van der Waals surface area contributed by atoms with Crippen molar-refractivity contribution in [3.63, 3.8) is 0 Å². The Bertz CT molecular complexity index is 463. The highest BCUT2D eigenvalue weighted by Gasteiger charge is 2.07. The summed E-state index contributed by atoms with van der Waals surface area (Å²) in [5, 5.41) is 13.8. The van der Waals surface area contributed by atoms with E-state index >= 15 is 0 Å². The Morgan fingerprint density at radius 2 is 1.82 bits per heavy atom. The van der Waals surface area contributed by atoms with Gasteiger partial charge in [0, 0.05) is 5.69 Å². The molecule has 0 aromatic heterocycles. The Balaban J connectivity index is 2.55. The fraction of sp³-hybridized carbons (Fsp3) is 0. The zero-order valence-corrected chi connectivity index (χ0v) is 9.06. The van der Waals surface area contributed by atoms with E-state index in [2.05, 4.69) is 23.8 Å². The number of amides is 2. The number of nitrogens with one attached hydrogen (secondary N) is 2. The molecule has 0 spiro atoms. The van der Waals surface area contributed by atoms with Crippen molar-refractivity contribution in [3.05, 3.63) is 49.2 Å². The first-order valence-electron chi connectivity index (χ1n) is 4.75. The number of hydrogen-bond acceptors (Lipinski definition) is 3. The molecule has 0 aliphatic heterocycles. The Morgan fingerprint density at radius 1 is 1.24 bits per heavy atom. The summed E-state index contributed by atoms with van der Waals surface area (Å²) >= 11 is 0. The van der Waals surface area contributed by atoms with Gasteiger partial charge in [0.2, 0.25) is 5.78 Å². The number of hydrogen-bond donors (Lipinski definition) is 3. The van der Waals surface area contributed by atoms with Crippen LogP contribution in [-0.2, 0) is 4.79 Å². The molecule has 5 nitrogen and oxygen atoms in total. The van der Waals surface area contributed by atoms with Crippen LogP contribution in [0.1, 0.15) is 0 Å². The minimum atomic E-state index is -0.587. The second kappa shape index (κ2) is 5.50. The van der Waals surface area contributed by atoms with Crippen LogP contribution in [0.4, 0.5) is 10.5 Å². The predicted molar refractivity (Wildman–Crippen MR) is 64.6 cm³/mol. The molecule has 17 heavy (non-hydrogen) atoms. The maximum atomic E-state index is 11.4. The van der Waals surface area contributed by atoms with Gasteiger partial charge in [-0.15, -0.1) is 0 Å². The minimum absolute atomic E-state index is 0.0590. The summed E-state index contributed by atoms with van der Waals surface area (Å²) in [6.45, 7) is 6.66. The summed E-state index contributed by atoms with van der Waals surface area (Å²) in [5.74, 6) is -0.354. The summed E-state index contributed by atoms with van der Waals surface area (Å²) in [7, 11) is 0. The minimum Gasteiger partial charge on any atom is -0.508 e. The summed E-state index contributed by atoms with van der Waals surface area (Å²) in [4.78, 5) is 22.4. The lowest BCUT2D eigenvalue weighted by Crippen LogP contribution is -2.30. The molecule has 2 amide bonds. The number of aromatic hydroxyl groups is 1. The van der Waals surface area contributed by atoms with Gasteiger partial charge in [-0.1, -0.05) is 13.2 Å². The molecule has 1 aromatic carbocycles. The molecule has 5 heteroatoms. The number of benzene rings is 1. The maximum Gasteiger partial charge on any atom is 0.323 e. The molecule has 3 N–H and O–H groups in total. The normalized spacial score (nSPS) is 9.18. The van der Waals surface area contributed by atoms with Gasteiger partial charge in [-0.25, -0.2) is 4.79 Å². The van der Waals surface area contributed by atoms with Crippen LogP contribution in [0.3, 0.4) is 0 Å². The van der Waals surface area contributed by atoms with Gasteiger partial charge >= 0.3 is 6.03 Å². The van der Waals surface area contributed by atoms with Crippen molar-refractivity contribution in [2.45, 2.75) is 0 Å². The van der Waals surface area contributed by atoms with Crippen LogP contribution in [-0.4, -0.2) is 16.9 Å². The molecule has 0 unspecified atom stereocenters. The van der Waals surface area contributed by atoms with Crippen LogP contribution in [0.2, 0.25) is 0 Å². The molecule has 1 rings (SSSR count). The molecule has 0 saturated carbocycles. The van der Waals surface area contributed by atoms with E-state index in [4.69, 9.17) is 5.11 Å². The van der Waals surface area contributed by atoms with Gasteiger partial charge in [0.05, 0.1) is 5.70 Å². The van der Waals surface area contributed by atoms with Crippen LogP contribution in [0.25, 0.3) is 0 Å². The third-order valence-electron chi connectivity index (χ3n) is 1.87. The maximum absolute atomic E-state index is 11.4. The summed E-state index contributed by atoms with van der Waals surface area (Å²) in [6, 6.07) is 5.31. The van der Waals surface area contributed by atoms with E-state index in [-0.39, 0.29) is 11.4 Å². The quantitative estimate of drug-likeness (QED) is 0.547. The highest BCUT2D eigenvalue weighted by Crippen LogP contribution is 2.13. The monoisotopic (exact) mass is 232 g/mol. The lowest BCUT2D eigenvalue weighted by molar-refractivity contribution is -0.111. The number of rotatable bonds is 4. The molecular formula is C12H12N2O3. The molecule has 0 aliphatic carbocycles. The van der Waals surface area contributed by atoms with Crippen LogP contribution in [0, 0.1) is 0 Å². The second-order valence-corrected chi connectivity index (χ2v) is 3.17. The Hall–Kier alpha value is -2.56. The van der Waals surface area contributed by atoms with Crippen molar-refractivity contribution in [1.82, 2.24) is 5.32 Å². The zero-order valence-electron chi connectivity index (χ0n) is 9.06. The van der Waals surface area contributed by atoms with E-state index in [1.807, 2.05) is 0 Å². The number of allylic oxidation sites excluding steroid dienone is 1. The number of phenolic OH excluding ortho intramolecular Hbond substituents is 1. The molecule has 0 atom stereocenters. The van der Waals surface area contributed by atoms with E-state index in [0.717, 1.165) is 6.08 Å². The average molecular weight is 232 g/mol. The Kier molecular flexibility index (Phi) is 4.05. The van der Waals surface area contributed by atoms with Gasteiger partial charge in [0.15, 0.2) is 0 Å². The predicted octanol–water partition coefficient (Wildman–Crippen LogP) is 1.78. The first-order chi connectivity index (χ1) is 8.02. The first-order valence-corrected chi connectivity index (χ1v) is 4.75. The largest absolute Gasteiger partial charge is 0.508 e. The summed E-state index contributed by atoms with van der Waals surface area (Å²) in [6.07, 6.45) is 1.06. The highest BCUT2D eigenvalue weighted by molar-refractivity contribution is 6.06. The molecule has 0 aliphatic rings. The van der Waals surface area contributed by atoms with Crippen LogP contribution in [0.5, 0.6) is 5.75 Å². The van der Waals surface area contributed by atoms with Crippen molar-refractivity contribution in [1.29, 1.82) is 0 Å². The van der Waals surface area contributed by atoms with Crippen molar-refractivity contribution in [2.24, 2.45) is 0 Å². The fourth-order valence-corrected chi connectivity index (χ4v) is 1.03. The number of phenols is 1. The third kappa shape index (κ3) is 3.83. The summed E-state index contributed by atoms with van der Waals surface area (Å²) < 4.78 is 0. The molecule has 1 aromatic rings. The van der Waals surface area contributed by atoms with Crippen molar-refractivity contribution in [3.8, 4) is 5.75 Å². The van der Waals surface area contributed by atoms with E-state index in [1.165, 1.54) is 24.3 Å². The van der Waals surface area contributed by atoms with E-state index in [1.54, 1.807) is 0 Å². The Morgan fingerprint density at radius 3 is 2.35 bits per heavy atom. The van der Waals surface area contributed by atoms with Gasteiger partial charge in [0.25, 0.3) is 0 Å². The van der Waals surface area contributed by atoms with Crippen molar-refractivity contribution in [2.75, 3.05) is 5.32 Å². The van der Waals surface area contributed by atoms with E-state index in [9.17, 15) is 9.59 Å². The Labute approximate surface area is 98.5 Å². The molecule has 88 valence electrons. The fourth-order valence-electron chi connectivity index (χ4n) is 1.03. The van der Waals surface area contributed by atoms with Gasteiger partial charge in [-0.3, -0.25) is 4.79 Å². The molecule has 0 bridgehead atoms. The standard InChI is InChI=1S/C12H12N2O3/c1-3-11(16)8(2)13-12(17)14-9-4-6-10(15)7-5-9/h3-7,15H,1-2H2,(H2,13,14,17). The number of urea groups is 1. The molecule has 0 fully saturated rings. The molecule has 0 radical (unpaired) electrons. The number of carbonyl (C=O) groups is 2. The third-order valence-corrected chi connectivity index (χ3v) is 1.87. The highest BCUT2D eigenvalue weighted by atomic mass is 16.3. The van der Waals surface area contributed by atoms with Crippen LogP contribution < -0.4 is 10.6 Å². The first kappa shape index (κ1) is 12.5. The topological polar surface area (TPSA) is 78.4 Å².